The molecule has 2 rings (SSSR count). The Kier molecular flexibility index (Phi) is 3.24. The van der Waals surface area contributed by atoms with E-state index in [1.54, 1.807) is 30.0 Å². The van der Waals surface area contributed by atoms with Crippen molar-refractivity contribution in [2.45, 2.75) is 13.0 Å². The monoisotopic (exact) mass is 238 g/mol. The van der Waals surface area contributed by atoms with Gasteiger partial charge in [0.25, 0.3) is 5.91 Å². The Morgan fingerprint density at radius 3 is 3.12 bits per heavy atom. The highest BCUT2D eigenvalue weighted by Gasteiger charge is 2.27. The van der Waals surface area contributed by atoms with Crippen molar-refractivity contribution in [3.05, 3.63) is 18.2 Å². The van der Waals surface area contributed by atoms with E-state index in [9.17, 15) is 4.79 Å². The summed E-state index contributed by atoms with van der Waals surface area (Å²) < 4.78 is 5.61. The quantitative estimate of drug-likeness (QED) is 0.787. The molecule has 0 saturated carbocycles. The average molecular weight is 238 g/mol. The predicted octanol–water partition coefficient (Wildman–Crippen LogP) is 1.72. The van der Waals surface area contributed by atoms with Gasteiger partial charge in [0.1, 0.15) is 5.75 Å². The van der Waals surface area contributed by atoms with E-state index in [2.05, 4.69) is 12.2 Å². The Hall–Kier alpha value is -1.36. The van der Waals surface area contributed by atoms with Gasteiger partial charge in [0, 0.05) is 17.5 Å². The molecule has 1 aliphatic heterocycles. The highest BCUT2D eigenvalue weighted by atomic mass is 32.2. The normalized spacial score (nSPS) is 18.6. The third kappa shape index (κ3) is 2.24. The second kappa shape index (κ2) is 4.65. The van der Waals surface area contributed by atoms with Crippen LogP contribution in [-0.4, -0.2) is 23.5 Å². The molecule has 1 atom stereocenters. The van der Waals surface area contributed by atoms with Crippen LogP contribution in [0.15, 0.2) is 18.2 Å². The number of carbonyl (C=O) groups is 1. The maximum Gasteiger partial charge on any atom is 0.266 e. The number of amides is 1. The highest BCUT2D eigenvalue weighted by molar-refractivity contribution is 7.99. The van der Waals surface area contributed by atoms with Crippen molar-refractivity contribution < 1.29 is 9.53 Å². The summed E-state index contributed by atoms with van der Waals surface area (Å²) in [4.78, 5) is 11.7. The zero-order valence-corrected chi connectivity index (χ0v) is 9.84. The van der Waals surface area contributed by atoms with Crippen LogP contribution in [0.3, 0.4) is 0 Å². The summed E-state index contributed by atoms with van der Waals surface area (Å²) in [5, 5.41) is 2.81. The minimum absolute atomic E-state index is 0.0850. The maximum absolute atomic E-state index is 11.7. The number of nitrogens with two attached hydrogens (primary N) is 1. The first-order valence-electron chi connectivity index (χ1n) is 5.15. The van der Waals surface area contributed by atoms with Gasteiger partial charge in [0.2, 0.25) is 0 Å². The lowest BCUT2D eigenvalue weighted by molar-refractivity contribution is -0.122. The summed E-state index contributed by atoms with van der Waals surface area (Å²) >= 11 is 1.68. The van der Waals surface area contributed by atoms with Crippen molar-refractivity contribution in [2.75, 3.05) is 22.6 Å². The highest BCUT2D eigenvalue weighted by Crippen LogP contribution is 2.31. The Morgan fingerprint density at radius 1 is 1.56 bits per heavy atom. The van der Waals surface area contributed by atoms with Gasteiger partial charge < -0.3 is 15.8 Å². The summed E-state index contributed by atoms with van der Waals surface area (Å²) in [6.45, 7) is 2.05. The number of thioether (sulfide) groups is 1. The van der Waals surface area contributed by atoms with Gasteiger partial charge in [-0.15, -0.1) is 0 Å². The van der Waals surface area contributed by atoms with E-state index in [-0.39, 0.29) is 5.91 Å². The van der Waals surface area contributed by atoms with Crippen LogP contribution in [0.25, 0.3) is 0 Å². The predicted molar refractivity (Wildman–Crippen MR) is 66.9 cm³/mol. The summed E-state index contributed by atoms with van der Waals surface area (Å²) in [5.41, 5.74) is 6.99. The number of ether oxygens (including phenoxy) is 1. The number of nitrogen functional groups attached to an aromatic ring is 1. The molecule has 1 heterocycles. The molecule has 0 saturated heterocycles. The van der Waals surface area contributed by atoms with Gasteiger partial charge in [-0.25, -0.2) is 0 Å². The molecule has 1 aliphatic rings. The molecule has 86 valence electrons. The number of hydrogen-bond acceptors (Lipinski definition) is 4. The molecule has 3 N–H and O–H groups in total. The summed E-state index contributed by atoms with van der Waals surface area (Å²) in [7, 11) is 0. The molecule has 0 aliphatic carbocycles. The van der Waals surface area contributed by atoms with Crippen LogP contribution in [0.2, 0.25) is 0 Å². The topological polar surface area (TPSA) is 64.3 Å². The fraction of sp³-hybridized carbons (Fsp3) is 0.364. The number of anilines is 2. The molecule has 0 bridgehead atoms. The number of fused-ring (bicyclic) bond motifs is 1. The van der Waals surface area contributed by atoms with Crippen LogP contribution in [0.5, 0.6) is 5.75 Å². The zero-order chi connectivity index (χ0) is 11.5. The molecule has 1 amide bonds. The van der Waals surface area contributed by atoms with Crippen molar-refractivity contribution >= 4 is 29.0 Å². The first kappa shape index (κ1) is 11.1. The van der Waals surface area contributed by atoms with E-state index >= 15 is 0 Å². The number of carbonyl (C=O) groups excluding carboxylic acids is 1. The Bertz CT molecular complexity index is 409. The first-order chi connectivity index (χ1) is 7.70. The number of benzene rings is 1. The van der Waals surface area contributed by atoms with Crippen LogP contribution >= 0.6 is 11.8 Å². The minimum atomic E-state index is -0.417. The third-order valence-corrected chi connectivity index (χ3v) is 3.25. The molecule has 0 spiro atoms. The Labute approximate surface area is 98.5 Å². The van der Waals surface area contributed by atoms with Crippen LogP contribution in [0.1, 0.15) is 6.92 Å². The molecule has 5 heteroatoms. The summed E-state index contributed by atoms with van der Waals surface area (Å²) in [6, 6.07) is 5.23. The fourth-order valence-corrected chi connectivity index (χ4v) is 2.16. The largest absolute Gasteiger partial charge is 0.477 e. The van der Waals surface area contributed by atoms with E-state index in [4.69, 9.17) is 10.5 Å². The van der Waals surface area contributed by atoms with Crippen molar-refractivity contribution in [1.82, 2.24) is 0 Å². The molecule has 1 aromatic rings. The lowest BCUT2D eigenvalue weighted by Gasteiger charge is -2.25. The van der Waals surface area contributed by atoms with Gasteiger partial charge in [0.15, 0.2) is 6.10 Å². The second-order valence-electron chi connectivity index (χ2n) is 3.51. The Morgan fingerprint density at radius 2 is 2.38 bits per heavy atom. The Balaban J connectivity index is 2.16. The zero-order valence-electron chi connectivity index (χ0n) is 9.03. The van der Waals surface area contributed by atoms with Gasteiger partial charge in [-0.1, -0.05) is 6.92 Å². The standard InChI is InChI=1S/C11H14N2O2S/c1-2-16-6-10-11(14)13-8-4-3-7(12)5-9(8)15-10/h3-5,10H,2,6,12H2,1H3,(H,13,14). The number of hydrogen-bond donors (Lipinski definition) is 2. The van der Waals surface area contributed by atoms with E-state index in [0.29, 0.717) is 22.9 Å². The number of rotatable bonds is 3. The van der Waals surface area contributed by atoms with Gasteiger partial charge >= 0.3 is 0 Å². The van der Waals surface area contributed by atoms with Gasteiger partial charge in [0.05, 0.1) is 5.69 Å². The molecule has 0 fully saturated rings. The van der Waals surface area contributed by atoms with E-state index in [1.165, 1.54) is 0 Å². The van der Waals surface area contributed by atoms with Crippen molar-refractivity contribution in [1.29, 1.82) is 0 Å². The van der Waals surface area contributed by atoms with Crippen molar-refractivity contribution in [3.8, 4) is 5.75 Å². The van der Waals surface area contributed by atoms with Gasteiger partial charge in [-0.05, 0) is 17.9 Å². The maximum atomic E-state index is 11.7. The molecule has 4 nitrogen and oxygen atoms in total. The van der Waals surface area contributed by atoms with Gasteiger partial charge in [-0.3, -0.25) is 4.79 Å². The van der Waals surface area contributed by atoms with Crippen LogP contribution in [-0.2, 0) is 4.79 Å². The lowest BCUT2D eigenvalue weighted by atomic mass is 10.2. The van der Waals surface area contributed by atoms with Crippen LogP contribution in [0.4, 0.5) is 11.4 Å². The third-order valence-electron chi connectivity index (χ3n) is 2.30. The second-order valence-corrected chi connectivity index (χ2v) is 4.83. The summed E-state index contributed by atoms with van der Waals surface area (Å²) in [6.07, 6.45) is -0.417. The van der Waals surface area contributed by atoms with E-state index < -0.39 is 6.10 Å². The van der Waals surface area contributed by atoms with E-state index in [1.807, 2.05) is 0 Å². The molecule has 16 heavy (non-hydrogen) atoms. The molecule has 0 aromatic heterocycles. The van der Waals surface area contributed by atoms with Crippen molar-refractivity contribution in [2.24, 2.45) is 0 Å². The average Bonchev–Trinajstić information content (AvgIpc) is 2.27. The first-order valence-corrected chi connectivity index (χ1v) is 6.31. The van der Waals surface area contributed by atoms with Crippen LogP contribution in [0, 0.1) is 0 Å². The molecule has 1 aromatic carbocycles. The molecular weight excluding hydrogens is 224 g/mol. The van der Waals surface area contributed by atoms with Crippen molar-refractivity contribution in [3.63, 3.8) is 0 Å². The van der Waals surface area contributed by atoms with Gasteiger partial charge in [-0.2, -0.15) is 11.8 Å². The minimum Gasteiger partial charge on any atom is -0.477 e. The number of nitrogens with one attached hydrogen (secondary N) is 1. The smallest absolute Gasteiger partial charge is 0.266 e. The molecular formula is C11H14N2O2S. The fourth-order valence-electron chi connectivity index (χ4n) is 1.49. The summed E-state index contributed by atoms with van der Waals surface area (Å²) in [5.74, 6) is 2.20. The molecule has 1 unspecified atom stereocenters. The van der Waals surface area contributed by atoms with E-state index in [0.717, 1.165) is 5.75 Å². The van der Waals surface area contributed by atoms with Crippen LogP contribution < -0.4 is 15.8 Å². The molecule has 0 radical (unpaired) electrons. The SMILES string of the molecule is CCSCC1Oc2cc(N)ccc2NC1=O. The lowest BCUT2D eigenvalue weighted by Crippen LogP contribution is -2.38.